The third-order valence-corrected chi connectivity index (χ3v) is 5.17. The SMILES string of the molecule is C/C=C1\CC2C(=O)CCC2C2c3ccccc3OC12. The molecule has 0 saturated heterocycles. The number of carbonyl (C=O) groups excluding carboxylic acids is 1. The van der Waals surface area contributed by atoms with Gasteiger partial charge in [-0.3, -0.25) is 4.79 Å². The van der Waals surface area contributed by atoms with Gasteiger partial charge in [0.2, 0.25) is 0 Å². The highest BCUT2D eigenvalue weighted by atomic mass is 16.5. The number of allylic oxidation sites excluding steroid dienone is 1. The molecular formula is C17H18O2. The quantitative estimate of drug-likeness (QED) is 0.663. The zero-order chi connectivity index (χ0) is 13.0. The number of hydrogen-bond donors (Lipinski definition) is 0. The normalized spacial score (nSPS) is 37.7. The molecule has 2 heteroatoms. The second-order valence-corrected chi connectivity index (χ2v) is 5.95. The first-order chi connectivity index (χ1) is 9.29. The van der Waals surface area contributed by atoms with Crippen molar-refractivity contribution in [2.24, 2.45) is 11.8 Å². The molecule has 4 unspecified atom stereocenters. The van der Waals surface area contributed by atoms with Gasteiger partial charge in [0.1, 0.15) is 17.6 Å². The summed E-state index contributed by atoms with van der Waals surface area (Å²) in [5.41, 5.74) is 2.63. The van der Waals surface area contributed by atoms with Gasteiger partial charge in [-0.05, 0) is 37.3 Å². The highest BCUT2D eigenvalue weighted by Gasteiger charge is 2.52. The summed E-state index contributed by atoms with van der Waals surface area (Å²) in [5, 5.41) is 0. The number of rotatable bonds is 0. The molecule has 4 atom stereocenters. The smallest absolute Gasteiger partial charge is 0.136 e. The Bertz CT molecular complexity index is 572. The molecule has 0 spiro atoms. The van der Waals surface area contributed by atoms with E-state index in [1.807, 2.05) is 6.07 Å². The van der Waals surface area contributed by atoms with Gasteiger partial charge >= 0.3 is 0 Å². The lowest BCUT2D eigenvalue weighted by molar-refractivity contribution is -0.121. The van der Waals surface area contributed by atoms with E-state index in [0.717, 1.165) is 25.0 Å². The fourth-order valence-electron chi connectivity index (χ4n) is 4.28. The zero-order valence-electron chi connectivity index (χ0n) is 11.1. The van der Waals surface area contributed by atoms with E-state index in [4.69, 9.17) is 4.74 Å². The largest absolute Gasteiger partial charge is 0.485 e. The average Bonchev–Trinajstić information content (AvgIpc) is 2.99. The van der Waals surface area contributed by atoms with Crippen molar-refractivity contribution in [3.8, 4) is 5.75 Å². The number of Topliss-reactive ketones (excluding diaryl/α,β-unsaturated/α-hetero) is 1. The van der Waals surface area contributed by atoms with Crippen LogP contribution in [0.1, 0.15) is 37.7 Å². The Labute approximate surface area is 113 Å². The maximum absolute atomic E-state index is 12.1. The summed E-state index contributed by atoms with van der Waals surface area (Å²) in [6, 6.07) is 8.36. The minimum atomic E-state index is 0.176. The molecule has 1 aromatic rings. The lowest BCUT2D eigenvalue weighted by Crippen LogP contribution is -2.37. The van der Waals surface area contributed by atoms with Crippen molar-refractivity contribution >= 4 is 5.78 Å². The summed E-state index contributed by atoms with van der Waals surface area (Å²) in [4.78, 5) is 12.1. The molecule has 2 saturated carbocycles. The van der Waals surface area contributed by atoms with Crippen LogP contribution in [0.4, 0.5) is 0 Å². The van der Waals surface area contributed by atoms with Gasteiger partial charge < -0.3 is 4.74 Å². The van der Waals surface area contributed by atoms with Gasteiger partial charge in [-0.2, -0.15) is 0 Å². The van der Waals surface area contributed by atoms with Crippen LogP contribution in [-0.2, 0) is 4.79 Å². The van der Waals surface area contributed by atoms with E-state index in [1.54, 1.807) is 0 Å². The minimum absolute atomic E-state index is 0.176. The van der Waals surface area contributed by atoms with Crippen LogP contribution in [-0.4, -0.2) is 11.9 Å². The van der Waals surface area contributed by atoms with Crippen molar-refractivity contribution in [1.29, 1.82) is 0 Å². The Morgan fingerprint density at radius 3 is 3.00 bits per heavy atom. The van der Waals surface area contributed by atoms with Gasteiger partial charge in [0.05, 0.1) is 0 Å². The Morgan fingerprint density at radius 1 is 1.32 bits per heavy atom. The zero-order valence-corrected chi connectivity index (χ0v) is 11.1. The van der Waals surface area contributed by atoms with Crippen LogP contribution in [0.5, 0.6) is 5.75 Å². The molecule has 0 radical (unpaired) electrons. The molecule has 0 aromatic heterocycles. The molecule has 2 aliphatic carbocycles. The monoisotopic (exact) mass is 254 g/mol. The first kappa shape index (κ1) is 11.3. The summed E-state index contributed by atoms with van der Waals surface area (Å²) in [5.74, 6) is 2.61. The fourth-order valence-corrected chi connectivity index (χ4v) is 4.28. The highest BCUT2D eigenvalue weighted by molar-refractivity contribution is 5.84. The van der Waals surface area contributed by atoms with Crippen molar-refractivity contribution in [3.05, 3.63) is 41.5 Å². The first-order valence-electron chi connectivity index (χ1n) is 7.23. The molecule has 4 rings (SSSR count). The number of para-hydroxylation sites is 1. The molecule has 2 fully saturated rings. The topological polar surface area (TPSA) is 26.3 Å². The summed E-state index contributed by atoms with van der Waals surface area (Å²) < 4.78 is 6.18. The van der Waals surface area contributed by atoms with Gasteiger partial charge in [-0.15, -0.1) is 0 Å². The second kappa shape index (κ2) is 3.96. The standard InChI is InChI=1S/C17H18O2/c1-2-10-9-13-11(7-8-14(13)18)16-12-5-3-4-6-15(12)19-17(10)16/h2-6,11,13,16-17H,7-9H2,1H3/b10-2+. The molecule has 98 valence electrons. The number of ether oxygens (including phenoxy) is 1. The van der Waals surface area contributed by atoms with E-state index >= 15 is 0 Å². The molecule has 0 amide bonds. The van der Waals surface area contributed by atoms with Crippen molar-refractivity contribution in [2.45, 2.75) is 38.2 Å². The predicted octanol–water partition coefficient (Wildman–Crippen LogP) is 3.48. The van der Waals surface area contributed by atoms with Crippen molar-refractivity contribution in [3.63, 3.8) is 0 Å². The molecule has 19 heavy (non-hydrogen) atoms. The Hall–Kier alpha value is -1.57. The van der Waals surface area contributed by atoms with Gasteiger partial charge in [0.15, 0.2) is 0 Å². The number of benzene rings is 1. The van der Waals surface area contributed by atoms with E-state index in [9.17, 15) is 4.79 Å². The summed E-state index contributed by atoms with van der Waals surface area (Å²) in [6.45, 7) is 2.07. The fraction of sp³-hybridized carbons (Fsp3) is 0.471. The van der Waals surface area contributed by atoms with Crippen LogP contribution in [0.2, 0.25) is 0 Å². The summed E-state index contributed by atoms with van der Waals surface area (Å²) >= 11 is 0. The Morgan fingerprint density at radius 2 is 2.16 bits per heavy atom. The Kier molecular flexibility index (Phi) is 2.35. The lowest BCUT2D eigenvalue weighted by atomic mass is 9.68. The molecular weight excluding hydrogens is 236 g/mol. The summed E-state index contributed by atoms with van der Waals surface area (Å²) in [7, 11) is 0. The van der Waals surface area contributed by atoms with Crippen LogP contribution >= 0.6 is 0 Å². The van der Waals surface area contributed by atoms with Crippen LogP contribution in [0, 0.1) is 11.8 Å². The van der Waals surface area contributed by atoms with Crippen molar-refractivity contribution < 1.29 is 9.53 Å². The summed E-state index contributed by atoms with van der Waals surface area (Å²) in [6.07, 6.45) is 5.05. The van der Waals surface area contributed by atoms with Crippen LogP contribution in [0.25, 0.3) is 0 Å². The average molecular weight is 254 g/mol. The van der Waals surface area contributed by atoms with E-state index in [1.165, 1.54) is 11.1 Å². The van der Waals surface area contributed by atoms with Gasteiger partial charge in [-0.25, -0.2) is 0 Å². The number of hydrogen-bond acceptors (Lipinski definition) is 2. The van der Waals surface area contributed by atoms with Gasteiger partial charge in [-0.1, -0.05) is 24.3 Å². The van der Waals surface area contributed by atoms with Gasteiger partial charge in [0, 0.05) is 23.8 Å². The van der Waals surface area contributed by atoms with Crippen LogP contribution in [0.3, 0.4) is 0 Å². The second-order valence-electron chi connectivity index (χ2n) is 5.95. The van der Waals surface area contributed by atoms with E-state index in [-0.39, 0.29) is 12.0 Å². The van der Waals surface area contributed by atoms with Crippen LogP contribution < -0.4 is 4.74 Å². The van der Waals surface area contributed by atoms with Crippen molar-refractivity contribution in [2.75, 3.05) is 0 Å². The van der Waals surface area contributed by atoms with Crippen molar-refractivity contribution in [1.82, 2.24) is 0 Å². The van der Waals surface area contributed by atoms with E-state index in [0.29, 0.717) is 17.6 Å². The Balaban J connectivity index is 1.83. The molecule has 3 aliphatic rings. The molecule has 2 nitrogen and oxygen atoms in total. The maximum Gasteiger partial charge on any atom is 0.136 e. The number of fused-ring (bicyclic) bond motifs is 5. The predicted molar refractivity (Wildman–Crippen MR) is 73.2 cm³/mol. The molecule has 0 N–H and O–H groups in total. The van der Waals surface area contributed by atoms with E-state index in [2.05, 4.69) is 31.2 Å². The molecule has 1 aromatic carbocycles. The lowest BCUT2D eigenvalue weighted by Gasteiger charge is -2.36. The minimum Gasteiger partial charge on any atom is -0.485 e. The van der Waals surface area contributed by atoms with Gasteiger partial charge in [0.25, 0.3) is 0 Å². The number of ketones is 1. The third kappa shape index (κ3) is 1.46. The first-order valence-corrected chi connectivity index (χ1v) is 7.23. The molecule has 1 aliphatic heterocycles. The number of carbonyl (C=O) groups is 1. The highest BCUT2D eigenvalue weighted by Crippen LogP contribution is 2.55. The maximum atomic E-state index is 12.1. The van der Waals surface area contributed by atoms with E-state index < -0.39 is 0 Å². The molecule has 0 bridgehead atoms. The third-order valence-electron chi connectivity index (χ3n) is 5.17. The van der Waals surface area contributed by atoms with Crippen LogP contribution in [0.15, 0.2) is 35.9 Å². The molecule has 1 heterocycles.